The van der Waals surface area contributed by atoms with Crippen molar-refractivity contribution in [1.29, 1.82) is 0 Å². The molecule has 2 heterocycles. The molecule has 74 valence electrons. The van der Waals surface area contributed by atoms with Crippen LogP contribution in [-0.4, -0.2) is 26.5 Å². The van der Waals surface area contributed by atoms with Gasteiger partial charge in [-0.15, -0.1) is 0 Å². The summed E-state index contributed by atoms with van der Waals surface area (Å²) < 4.78 is 0. The third-order valence-electron chi connectivity index (χ3n) is 2.02. The average Bonchev–Trinajstić information content (AvgIpc) is 2.62. The standard InChI is InChI=1S/C9H13N5/c1-3-6-13-7-8(10-4-2)11-5-12-9(7)14-6/h5H,3-4H2,1-2H3,(H2,10,11,12,13,14). The Labute approximate surface area is 82.0 Å². The van der Waals surface area contributed by atoms with E-state index in [1.54, 1.807) is 0 Å². The minimum atomic E-state index is 0.729. The summed E-state index contributed by atoms with van der Waals surface area (Å²) in [6.07, 6.45) is 2.41. The van der Waals surface area contributed by atoms with E-state index < -0.39 is 0 Å². The molecule has 0 bridgehead atoms. The van der Waals surface area contributed by atoms with Gasteiger partial charge in [-0.25, -0.2) is 15.0 Å². The molecule has 2 aromatic heterocycles. The second-order valence-corrected chi connectivity index (χ2v) is 2.99. The van der Waals surface area contributed by atoms with Gasteiger partial charge < -0.3 is 10.3 Å². The van der Waals surface area contributed by atoms with Crippen molar-refractivity contribution in [2.24, 2.45) is 0 Å². The second-order valence-electron chi connectivity index (χ2n) is 2.99. The molecule has 2 N–H and O–H groups in total. The highest BCUT2D eigenvalue weighted by Gasteiger charge is 2.06. The highest BCUT2D eigenvalue weighted by atomic mass is 15.1. The van der Waals surface area contributed by atoms with Crippen LogP contribution in [0.3, 0.4) is 0 Å². The van der Waals surface area contributed by atoms with Crippen LogP contribution in [-0.2, 0) is 6.42 Å². The molecule has 0 saturated heterocycles. The molecule has 2 aromatic rings. The fourth-order valence-electron chi connectivity index (χ4n) is 1.35. The number of imidazole rings is 1. The molecule has 0 spiro atoms. The van der Waals surface area contributed by atoms with E-state index in [-0.39, 0.29) is 0 Å². The molecule has 5 nitrogen and oxygen atoms in total. The third kappa shape index (κ3) is 1.41. The fourth-order valence-corrected chi connectivity index (χ4v) is 1.35. The van der Waals surface area contributed by atoms with E-state index in [9.17, 15) is 0 Å². The number of aryl methyl sites for hydroxylation is 1. The molecule has 14 heavy (non-hydrogen) atoms. The summed E-state index contributed by atoms with van der Waals surface area (Å²) in [7, 11) is 0. The van der Waals surface area contributed by atoms with E-state index in [2.05, 4.69) is 32.2 Å². The second kappa shape index (κ2) is 3.61. The molecule has 0 aliphatic carbocycles. The van der Waals surface area contributed by atoms with Gasteiger partial charge in [0, 0.05) is 13.0 Å². The van der Waals surface area contributed by atoms with Crippen LogP contribution in [0.15, 0.2) is 6.33 Å². The predicted molar refractivity (Wildman–Crippen MR) is 55.2 cm³/mol. The van der Waals surface area contributed by atoms with Crippen molar-refractivity contribution in [3.05, 3.63) is 12.2 Å². The maximum Gasteiger partial charge on any atom is 0.183 e. The topological polar surface area (TPSA) is 66.5 Å². The minimum absolute atomic E-state index is 0.729. The van der Waals surface area contributed by atoms with E-state index in [1.165, 1.54) is 6.33 Å². The van der Waals surface area contributed by atoms with Gasteiger partial charge in [0.15, 0.2) is 11.5 Å². The Hall–Kier alpha value is -1.65. The Morgan fingerprint density at radius 2 is 2.21 bits per heavy atom. The molecule has 0 radical (unpaired) electrons. The number of hydrogen-bond donors (Lipinski definition) is 2. The number of fused-ring (bicyclic) bond motifs is 1. The quantitative estimate of drug-likeness (QED) is 0.768. The lowest BCUT2D eigenvalue weighted by atomic mass is 10.5. The maximum atomic E-state index is 4.33. The zero-order valence-corrected chi connectivity index (χ0v) is 8.33. The van der Waals surface area contributed by atoms with Crippen molar-refractivity contribution in [1.82, 2.24) is 19.9 Å². The SMILES string of the molecule is CCNc1ncnc2nc(CC)[nH]c12. The molecule has 0 amide bonds. The first-order chi connectivity index (χ1) is 6.85. The Kier molecular flexibility index (Phi) is 2.30. The summed E-state index contributed by atoms with van der Waals surface area (Å²) in [4.78, 5) is 15.8. The molecule has 0 aliphatic rings. The van der Waals surface area contributed by atoms with Crippen LogP contribution in [0.5, 0.6) is 0 Å². The molecular formula is C9H13N5. The maximum absolute atomic E-state index is 4.33. The lowest BCUT2D eigenvalue weighted by Gasteiger charge is -2.00. The summed E-state index contributed by atoms with van der Waals surface area (Å²) in [5.41, 5.74) is 1.62. The number of nitrogens with zero attached hydrogens (tertiary/aromatic N) is 3. The molecule has 0 aromatic carbocycles. The normalized spacial score (nSPS) is 10.7. The van der Waals surface area contributed by atoms with Gasteiger partial charge in [0.25, 0.3) is 0 Å². The highest BCUT2D eigenvalue weighted by molar-refractivity contribution is 5.82. The lowest BCUT2D eigenvalue weighted by molar-refractivity contribution is 0.997. The van der Waals surface area contributed by atoms with Crippen molar-refractivity contribution in [3.8, 4) is 0 Å². The van der Waals surface area contributed by atoms with Gasteiger partial charge in [-0.1, -0.05) is 6.92 Å². The largest absolute Gasteiger partial charge is 0.368 e. The smallest absolute Gasteiger partial charge is 0.183 e. The van der Waals surface area contributed by atoms with Gasteiger partial charge >= 0.3 is 0 Å². The molecule has 0 fully saturated rings. The van der Waals surface area contributed by atoms with Crippen LogP contribution in [0.4, 0.5) is 5.82 Å². The van der Waals surface area contributed by atoms with E-state index >= 15 is 0 Å². The average molecular weight is 191 g/mol. The van der Waals surface area contributed by atoms with Crippen molar-refractivity contribution in [2.45, 2.75) is 20.3 Å². The van der Waals surface area contributed by atoms with Gasteiger partial charge in [-0.05, 0) is 6.92 Å². The Morgan fingerprint density at radius 1 is 1.36 bits per heavy atom. The Balaban J connectivity index is 2.55. The predicted octanol–water partition coefficient (Wildman–Crippen LogP) is 1.35. The zero-order valence-electron chi connectivity index (χ0n) is 8.33. The lowest BCUT2D eigenvalue weighted by Crippen LogP contribution is -2.00. The zero-order chi connectivity index (χ0) is 9.97. The summed E-state index contributed by atoms with van der Waals surface area (Å²) >= 11 is 0. The molecular weight excluding hydrogens is 178 g/mol. The molecule has 0 saturated carbocycles. The summed E-state index contributed by atoms with van der Waals surface area (Å²) in [6, 6.07) is 0. The number of aromatic nitrogens is 4. The molecule has 0 atom stereocenters. The highest BCUT2D eigenvalue weighted by Crippen LogP contribution is 2.16. The number of aromatic amines is 1. The number of rotatable bonds is 3. The molecule has 5 heteroatoms. The Morgan fingerprint density at radius 3 is 2.93 bits per heavy atom. The van der Waals surface area contributed by atoms with E-state index in [0.717, 1.165) is 35.8 Å². The van der Waals surface area contributed by atoms with Crippen molar-refractivity contribution in [3.63, 3.8) is 0 Å². The summed E-state index contributed by atoms with van der Waals surface area (Å²) in [5, 5.41) is 3.17. The van der Waals surface area contributed by atoms with Crippen LogP contribution < -0.4 is 5.32 Å². The van der Waals surface area contributed by atoms with Crippen molar-refractivity contribution in [2.75, 3.05) is 11.9 Å². The van der Waals surface area contributed by atoms with Gasteiger partial charge in [0.05, 0.1) is 0 Å². The van der Waals surface area contributed by atoms with Gasteiger partial charge in [-0.2, -0.15) is 0 Å². The first-order valence-electron chi connectivity index (χ1n) is 4.78. The van der Waals surface area contributed by atoms with Crippen LogP contribution in [0.2, 0.25) is 0 Å². The van der Waals surface area contributed by atoms with Crippen molar-refractivity contribution >= 4 is 17.0 Å². The number of anilines is 1. The number of hydrogen-bond acceptors (Lipinski definition) is 4. The fraction of sp³-hybridized carbons (Fsp3) is 0.444. The number of H-pyrrole nitrogens is 1. The first-order valence-corrected chi connectivity index (χ1v) is 4.78. The van der Waals surface area contributed by atoms with Crippen molar-refractivity contribution < 1.29 is 0 Å². The van der Waals surface area contributed by atoms with E-state index in [4.69, 9.17) is 0 Å². The van der Waals surface area contributed by atoms with Gasteiger partial charge in [0.2, 0.25) is 0 Å². The van der Waals surface area contributed by atoms with Crippen LogP contribution in [0.1, 0.15) is 19.7 Å². The first kappa shape index (κ1) is 8.93. The van der Waals surface area contributed by atoms with Gasteiger partial charge in [-0.3, -0.25) is 0 Å². The number of nitrogens with one attached hydrogen (secondary N) is 2. The summed E-state index contributed by atoms with van der Waals surface area (Å²) in [6.45, 7) is 4.93. The van der Waals surface area contributed by atoms with E-state index in [0.29, 0.717) is 0 Å². The van der Waals surface area contributed by atoms with Gasteiger partial charge in [0.1, 0.15) is 17.7 Å². The van der Waals surface area contributed by atoms with Crippen LogP contribution >= 0.6 is 0 Å². The minimum Gasteiger partial charge on any atom is -0.368 e. The molecule has 0 unspecified atom stereocenters. The molecule has 0 aliphatic heterocycles. The van der Waals surface area contributed by atoms with E-state index in [1.807, 2.05) is 6.92 Å². The summed E-state index contributed by atoms with van der Waals surface area (Å²) in [5.74, 6) is 1.77. The third-order valence-corrected chi connectivity index (χ3v) is 2.02. The monoisotopic (exact) mass is 191 g/mol. The Bertz CT molecular complexity index is 434. The molecule has 2 rings (SSSR count). The van der Waals surface area contributed by atoms with Crippen LogP contribution in [0, 0.1) is 0 Å². The van der Waals surface area contributed by atoms with Crippen LogP contribution in [0.25, 0.3) is 11.2 Å².